The Morgan fingerprint density at radius 1 is 1.15 bits per heavy atom. The first-order valence-electron chi connectivity index (χ1n) is 8.28. The van der Waals surface area contributed by atoms with Crippen molar-refractivity contribution in [3.63, 3.8) is 0 Å². The summed E-state index contributed by atoms with van der Waals surface area (Å²) in [6, 6.07) is 14.1. The van der Waals surface area contributed by atoms with E-state index in [4.69, 9.17) is 14.2 Å². The zero-order chi connectivity index (χ0) is 18.5. The fourth-order valence-corrected chi connectivity index (χ4v) is 2.47. The van der Waals surface area contributed by atoms with Gasteiger partial charge >= 0.3 is 6.09 Å². The number of fused-ring (bicyclic) bond motifs is 1. The highest BCUT2D eigenvalue weighted by Gasteiger charge is 2.27. The number of amides is 2. The van der Waals surface area contributed by atoms with Crippen molar-refractivity contribution in [1.29, 1.82) is 0 Å². The van der Waals surface area contributed by atoms with Crippen LogP contribution in [0.2, 0.25) is 0 Å². The Balaban J connectivity index is 1.61. The molecule has 0 aromatic heterocycles. The summed E-state index contributed by atoms with van der Waals surface area (Å²) in [6.07, 6.45) is -1.16. The van der Waals surface area contributed by atoms with Crippen LogP contribution in [-0.2, 0) is 9.53 Å². The number of nitrogens with one attached hydrogen (secondary N) is 1. The highest BCUT2D eigenvalue weighted by Crippen LogP contribution is 2.31. The number of ether oxygens (including phenoxy) is 3. The van der Waals surface area contributed by atoms with Gasteiger partial charge in [0.2, 0.25) is 6.10 Å². The van der Waals surface area contributed by atoms with Crippen LogP contribution in [0.3, 0.4) is 0 Å². The number of carbonyl (C=O) groups excluding carboxylic acids is 2. The topological polar surface area (TPSA) is 77.1 Å². The zero-order valence-electron chi connectivity index (χ0n) is 14.6. The van der Waals surface area contributed by atoms with Gasteiger partial charge in [-0.3, -0.25) is 9.69 Å². The van der Waals surface area contributed by atoms with Crippen LogP contribution in [0.15, 0.2) is 48.5 Å². The number of benzene rings is 2. The SMILES string of the molecule is CCOC(=O)N(C)c1ccc(NC(=O)C2COc3ccccc3O2)cc1. The monoisotopic (exact) mass is 356 g/mol. The molecule has 2 aromatic carbocycles. The Morgan fingerprint density at radius 2 is 1.85 bits per heavy atom. The summed E-state index contributed by atoms with van der Waals surface area (Å²) in [4.78, 5) is 25.5. The number of carbonyl (C=O) groups is 2. The molecule has 0 spiro atoms. The molecule has 0 saturated heterocycles. The fourth-order valence-electron chi connectivity index (χ4n) is 2.47. The van der Waals surface area contributed by atoms with Crippen molar-refractivity contribution in [2.75, 3.05) is 30.5 Å². The van der Waals surface area contributed by atoms with Crippen molar-refractivity contribution in [3.8, 4) is 11.5 Å². The standard InChI is InChI=1S/C19H20N2O5/c1-3-24-19(23)21(2)14-10-8-13(9-11-14)20-18(22)17-12-25-15-6-4-5-7-16(15)26-17/h4-11,17H,3,12H2,1-2H3,(H,20,22). The predicted molar refractivity (Wildman–Crippen MR) is 96.8 cm³/mol. The molecular weight excluding hydrogens is 336 g/mol. The second-order valence-electron chi connectivity index (χ2n) is 5.66. The Labute approximate surface area is 151 Å². The first-order valence-corrected chi connectivity index (χ1v) is 8.28. The molecule has 1 N–H and O–H groups in total. The van der Waals surface area contributed by atoms with Gasteiger partial charge in [0, 0.05) is 18.4 Å². The van der Waals surface area contributed by atoms with E-state index in [1.165, 1.54) is 4.90 Å². The molecule has 1 aliphatic rings. The van der Waals surface area contributed by atoms with E-state index in [-0.39, 0.29) is 12.5 Å². The van der Waals surface area contributed by atoms with E-state index in [0.29, 0.717) is 29.5 Å². The van der Waals surface area contributed by atoms with Crippen LogP contribution in [0.25, 0.3) is 0 Å². The quantitative estimate of drug-likeness (QED) is 0.911. The summed E-state index contributed by atoms with van der Waals surface area (Å²) < 4.78 is 16.2. The largest absolute Gasteiger partial charge is 0.485 e. The Kier molecular flexibility index (Phi) is 5.26. The van der Waals surface area contributed by atoms with Gasteiger partial charge in [-0.2, -0.15) is 0 Å². The van der Waals surface area contributed by atoms with Crippen molar-refractivity contribution < 1.29 is 23.8 Å². The molecule has 7 nitrogen and oxygen atoms in total. The van der Waals surface area contributed by atoms with Gasteiger partial charge in [0.1, 0.15) is 6.61 Å². The van der Waals surface area contributed by atoms with Crippen molar-refractivity contribution in [3.05, 3.63) is 48.5 Å². The third-order valence-corrected chi connectivity index (χ3v) is 3.86. The summed E-state index contributed by atoms with van der Waals surface area (Å²) in [6.45, 7) is 2.20. The number of hydrogen-bond donors (Lipinski definition) is 1. The zero-order valence-corrected chi connectivity index (χ0v) is 14.6. The molecule has 1 heterocycles. The molecule has 3 rings (SSSR count). The van der Waals surface area contributed by atoms with Gasteiger partial charge in [-0.05, 0) is 43.3 Å². The maximum atomic E-state index is 12.4. The molecule has 1 aliphatic heterocycles. The molecule has 0 radical (unpaired) electrons. The van der Waals surface area contributed by atoms with E-state index in [1.54, 1.807) is 50.4 Å². The smallest absolute Gasteiger partial charge is 0.413 e. The molecule has 1 unspecified atom stereocenters. The lowest BCUT2D eigenvalue weighted by Crippen LogP contribution is -2.40. The summed E-state index contributed by atoms with van der Waals surface area (Å²) in [7, 11) is 1.62. The van der Waals surface area contributed by atoms with Gasteiger partial charge in [0.25, 0.3) is 5.91 Å². The molecule has 0 saturated carbocycles. The minimum Gasteiger partial charge on any atom is -0.485 e. The number of nitrogens with zero attached hydrogens (tertiary/aromatic N) is 1. The Morgan fingerprint density at radius 3 is 2.54 bits per heavy atom. The molecular formula is C19H20N2O5. The third-order valence-electron chi connectivity index (χ3n) is 3.86. The lowest BCUT2D eigenvalue weighted by molar-refractivity contribution is -0.125. The molecule has 7 heteroatoms. The van der Waals surface area contributed by atoms with Crippen molar-refractivity contribution >= 4 is 23.4 Å². The molecule has 0 aliphatic carbocycles. The van der Waals surface area contributed by atoms with E-state index in [1.807, 2.05) is 12.1 Å². The third kappa shape index (κ3) is 3.88. The van der Waals surface area contributed by atoms with Gasteiger partial charge in [0.15, 0.2) is 11.5 Å². The molecule has 1 atom stereocenters. The van der Waals surface area contributed by atoms with Crippen LogP contribution in [0.5, 0.6) is 11.5 Å². The molecule has 0 fully saturated rings. The summed E-state index contributed by atoms with van der Waals surface area (Å²) in [5.74, 6) is 0.874. The maximum absolute atomic E-state index is 12.4. The predicted octanol–water partition coefficient (Wildman–Crippen LogP) is 3.06. The van der Waals surface area contributed by atoms with Crippen LogP contribution >= 0.6 is 0 Å². The summed E-state index contributed by atoms with van der Waals surface area (Å²) in [5.41, 5.74) is 1.26. The van der Waals surface area contributed by atoms with Crippen molar-refractivity contribution in [2.45, 2.75) is 13.0 Å². The van der Waals surface area contributed by atoms with Crippen LogP contribution in [0, 0.1) is 0 Å². The van der Waals surface area contributed by atoms with Gasteiger partial charge in [-0.15, -0.1) is 0 Å². The molecule has 2 aromatic rings. The fraction of sp³-hybridized carbons (Fsp3) is 0.263. The van der Waals surface area contributed by atoms with Crippen LogP contribution in [0.1, 0.15) is 6.92 Å². The number of hydrogen-bond acceptors (Lipinski definition) is 5. The number of rotatable bonds is 4. The molecule has 2 amide bonds. The van der Waals surface area contributed by atoms with Crippen LogP contribution in [0.4, 0.5) is 16.2 Å². The van der Waals surface area contributed by atoms with E-state index in [2.05, 4.69) is 5.32 Å². The van der Waals surface area contributed by atoms with Crippen molar-refractivity contribution in [1.82, 2.24) is 0 Å². The summed E-state index contributed by atoms with van der Waals surface area (Å²) >= 11 is 0. The minimum atomic E-state index is -0.730. The first-order chi connectivity index (χ1) is 12.6. The molecule has 0 bridgehead atoms. The van der Waals surface area contributed by atoms with Gasteiger partial charge in [0.05, 0.1) is 6.61 Å². The highest BCUT2D eigenvalue weighted by molar-refractivity contribution is 5.95. The second-order valence-corrected chi connectivity index (χ2v) is 5.66. The lowest BCUT2D eigenvalue weighted by atomic mass is 10.2. The van der Waals surface area contributed by atoms with Gasteiger partial charge in [-0.25, -0.2) is 4.79 Å². The van der Waals surface area contributed by atoms with Crippen LogP contribution < -0.4 is 19.7 Å². The highest BCUT2D eigenvalue weighted by atomic mass is 16.6. The average Bonchev–Trinajstić information content (AvgIpc) is 2.67. The van der Waals surface area contributed by atoms with Gasteiger partial charge in [-0.1, -0.05) is 12.1 Å². The van der Waals surface area contributed by atoms with E-state index in [0.717, 1.165) is 0 Å². The number of anilines is 2. The van der Waals surface area contributed by atoms with E-state index < -0.39 is 12.2 Å². The Bertz CT molecular complexity index is 791. The number of para-hydroxylation sites is 2. The van der Waals surface area contributed by atoms with Crippen molar-refractivity contribution in [2.24, 2.45) is 0 Å². The first kappa shape index (κ1) is 17.6. The maximum Gasteiger partial charge on any atom is 0.413 e. The van der Waals surface area contributed by atoms with E-state index in [9.17, 15) is 9.59 Å². The second kappa shape index (κ2) is 7.77. The van der Waals surface area contributed by atoms with Crippen LogP contribution in [-0.4, -0.2) is 38.4 Å². The Hall–Kier alpha value is -3.22. The minimum absolute atomic E-state index is 0.145. The van der Waals surface area contributed by atoms with Gasteiger partial charge < -0.3 is 19.5 Å². The normalized spacial score (nSPS) is 15.1. The lowest BCUT2D eigenvalue weighted by Gasteiger charge is -2.25. The summed E-state index contributed by atoms with van der Waals surface area (Å²) in [5, 5.41) is 2.78. The van der Waals surface area contributed by atoms with E-state index >= 15 is 0 Å². The average molecular weight is 356 g/mol. The molecule has 26 heavy (non-hydrogen) atoms. The molecule has 136 valence electrons.